The van der Waals surface area contributed by atoms with Crippen molar-refractivity contribution in [2.45, 2.75) is 82.6 Å². The molecule has 1 spiro atoms. The second kappa shape index (κ2) is 5.90. The Kier molecular flexibility index (Phi) is 4.59. The first kappa shape index (κ1) is 15.6. The van der Waals surface area contributed by atoms with Crippen molar-refractivity contribution >= 4 is 6.09 Å². The molecule has 5 heteroatoms. The van der Waals surface area contributed by atoms with E-state index in [9.17, 15) is 4.79 Å². The minimum atomic E-state index is -0.455. The minimum Gasteiger partial charge on any atom is -0.444 e. The standard InChI is InChI=1S/C15H27NO4/c1-14(2,3)20-13(18)16-11-4-7-15(8-5-11)9-6-12(10-17)19-15/h11-12,17H,4-10H2,1-3H3,(H,16,18)/t11?,12-,15?/m0/s1. The zero-order valence-electron chi connectivity index (χ0n) is 12.8. The van der Waals surface area contributed by atoms with Gasteiger partial charge in [0.05, 0.1) is 18.3 Å². The van der Waals surface area contributed by atoms with Crippen molar-refractivity contribution in [1.82, 2.24) is 5.32 Å². The number of alkyl carbamates (subject to hydrolysis) is 1. The van der Waals surface area contributed by atoms with E-state index < -0.39 is 5.60 Å². The molecule has 116 valence electrons. The van der Waals surface area contributed by atoms with Crippen molar-refractivity contribution in [3.63, 3.8) is 0 Å². The van der Waals surface area contributed by atoms with Crippen LogP contribution in [0, 0.1) is 0 Å². The number of rotatable bonds is 2. The van der Waals surface area contributed by atoms with E-state index in [4.69, 9.17) is 14.6 Å². The van der Waals surface area contributed by atoms with Gasteiger partial charge in [-0.2, -0.15) is 0 Å². The Bertz CT molecular complexity index is 342. The summed E-state index contributed by atoms with van der Waals surface area (Å²) in [5.41, 5.74) is -0.512. The lowest BCUT2D eigenvalue weighted by Gasteiger charge is -2.37. The number of ether oxygens (including phenoxy) is 2. The van der Waals surface area contributed by atoms with E-state index in [-0.39, 0.29) is 30.4 Å². The van der Waals surface area contributed by atoms with Gasteiger partial charge in [0.1, 0.15) is 5.60 Å². The summed E-state index contributed by atoms with van der Waals surface area (Å²) in [7, 11) is 0. The normalized spacial score (nSPS) is 34.2. The van der Waals surface area contributed by atoms with Crippen molar-refractivity contribution in [1.29, 1.82) is 0 Å². The first-order valence-corrected chi connectivity index (χ1v) is 7.60. The zero-order chi connectivity index (χ0) is 14.8. The lowest BCUT2D eigenvalue weighted by Crippen LogP contribution is -2.45. The van der Waals surface area contributed by atoms with E-state index in [0.29, 0.717) is 0 Å². The molecule has 0 aromatic heterocycles. The summed E-state index contributed by atoms with van der Waals surface area (Å²) in [5.74, 6) is 0. The molecule has 1 heterocycles. The summed E-state index contributed by atoms with van der Waals surface area (Å²) < 4.78 is 11.3. The Morgan fingerprint density at radius 1 is 1.30 bits per heavy atom. The molecule has 1 saturated heterocycles. The average Bonchev–Trinajstić information content (AvgIpc) is 2.74. The van der Waals surface area contributed by atoms with Crippen LogP contribution in [0.1, 0.15) is 59.3 Å². The minimum absolute atomic E-state index is 0.00497. The van der Waals surface area contributed by atoms with Crippen LogP contribution in [-0.4, -0.2) is 41.2 Å². The smallest absolute Gasteiger partial charge is 0.407 e. The summed E-state index contributed by atoms with van der Waals surface area (Å²) in [5, 5.41) is 12.1. The number of hydrogen-bond donors (Lipinski definition) is 2. The monoisotopic (exact) mass is 285 g/mol. The largest absolute Gasteiger partial charge is 0.444 e. The number of carbonyl (C=O) groups is 1. The maximum atomic E-state index is 11.7. The van der Waals surface area contributed by atoms with Crippen molar-refractivity contribution in [2.75, 3.05) is 6.61 Å². The van der Waals surface area contributed by atoms with Crippen LogP contribution in [0.25, 0.3) is 0 Å². The van der Waals surface area contributed by atoms with Crippen LogP contribution >= 0.6 is 0 Å². The molecule has 0 radical (unpaired) electrons. The van der Waals surface area contributed by atoms with Crippen molar-refractivity contribution in [3.8, 4) is 0 Å². The van der Waals surface area contributed by atoms with Gasteiger partial charge in [0.2, 0.25) is 0 Å². The molecule has 0 aromatic carbocycles. The van der Waals surface area contributed by atoms with Crippen LogP contribution in [0.3, 0.4) is 0 Å². The lowest BCUT2D eigenvalue weighted by atomic mass is 9.80. The molecule has 0 bridgehead atoms. The van der Waals surface area contributed by atoms with Gasteiger partial charge in [-0.1, -0.05) is 0 Å². The molecular formula is C15H27NO4. The van der Waals surface area contributed by atoms with Gasteiger partial charge in [-0.25, -0.2) is 4.79 Å². The van der Waals surface area contributed by atoms with Gasteiger partial charge in [-0.05, 0) is 59.3 Å². The van der Waals surface area contributed by atoms with Crippen LogP contribution in [0.15, 0.2) is 0 Å². The maximum absolute atomic E-state index is 11.7. The number of amides is 1. The third-order valence-electron chi connectivity index (χ3n) is 4.16. The third kappa shape index (κ3) is 4.09. The number of hydrogen-bond acceptors (Lipinski definition) is 4. The van der Waals surface area contributed by atoms with Crippen LogP contribution in [0.2, 0.25) is 0 Å². The third-order valence-corrected chi connectivity index (χ3v) is 4.16. The molecule has 5 nitrogen and oxygen atoms in total. The zero-order valence-corrected chi connectivity index (χ0v) is 12.8. The van der Waals surface area contributed by atoms with Crippen LogP contribution in [-0.2, 0) is 9.47 Å². The summed E-state index contributed by atoms with van der Waals surface area (Å²) in [6.07, 6.45) is 5.37. The highest BCUT2D eigenvalue weighted by Crippen LogP contribution is 2.41. The van der Waals surface area contributed by atoms with Gasteiger partial charge in [0, 0.05) is 6.04 Å². The molecule has 1 amide bonds. The number of nitrogens with one attached hydrogen (secondary N) is 1. The molecule has 20 heavy (non-hydrogen) atoms. The quantitative estimate of drug-likeness (QED) is 0.817. The molecule has 1 aliphatic carbocycles. The van der Waals surface area contributed by atoms with E-state index >= 15 is 0 Å². The summed E-state index contributed by atoms with van der Waals surface area (Å²) in [6, 6.07) is 0.173. The summed E-state index contributed by atoms with van der Waals surface area (Å²) in [4.78, 5) is 11.7. The lowest BCUT2D eigenvalue weighted by molar-refractivity contribution is -0.0815. The maximum Gasteiger partial charge on any atom is 0.407 e. The van der Waals surface area contributed by atoms with Crippen molar-refractivity contribution in [3.05, 3.63) is 0 Å². The SMILES string of the molecule is CC(C)(C)OC(=O)NC1CCC2(CC1)CC[C@@H](CO)O2. The van der Waals surface area contributed by atoms with Crippen LogP contribution in [0.4, 0.5) is 4.79 Å². The molecule has 0 unspecified atom stereocenters. The highest BCUT2D eigenvalue weighted by Gasteiger charge is 2.42. The highest BCUT2D eigenvalue weighted by molar-refractivity contribution is 5.68. The average molecular weight is 285 g/mol. The predicted octanol–water partition coefficient (Wildman–Crippen LogP) is 2.36. The van der Waals surface area contributed by atoms with Gasteiger partial charge in [0.25, 0.3) is 0 Å². The molecule has 0 aromatic rings. The first-order valence-electron chi connectivity index (χ1n) is 7.60. The van der Waals surface area contributed by atoms with Crippen molar-refractivity contribution in [2.24, 2.45) is 0 Å². The topological polar surface area (TPSA) is 67.8 Å². The molecule has 2 rings (SSSR count). The second-order valence-corrected chi connectivity index (χ2v) is 7.06. The Balaban J connectivity index is 1.76. The molecule has 2 N–H and O–H groups in total. The fraction of sp³-hybridized carbons (Fsp3) is 0.933. The Labute approximate surface area is 121 Å². The van der Waals surface area contributed by atoms with Crippen molar-refractivity contribution < 1.29 is 19.4 Å². The summed E-state index contributed by atoms with van der Waals surface area (Å²) in [6.45, 7) is 5.71. The van der Waals surface area contributed by atoms with Gasteiger partial charge in [-0.3, -0.25) is 0 Å². The van der Waals surface area contributed by atoms with Gasteiger partial charge in [-0.15, -0.1) is 0 Å². The Morgan fingerprint density at radius 2 is 1.90 bits per heavy atom. The summed E-state index contributed by atoms with van der Waals surface area (Å²) >= 11 is 0. The van der Waals surface area contributed by atoms with Gasteiger partial charge < -0.3 is 19.9 Å². The molecule has 1 aliphatic heterocycles. The second-order valence-electron chi connectivity index (χ2n) is 7.06. The van der Waals surface area contributed by atoms with E-state index in [1.54, 1.807) is 0 Å². The number of aliphatic hydroxyl groups is 1. The molecule has 2 aliphatic rings. The molecule has 2 fully saturated rings. The van der Waals surface area contributed by atoms with Crippen LogP contribution in [0.5, 0.6) is 0 Å². The fourth-order valence-corrected chi connectivity index (χ4v) is 3.15. The van der Waals surface area contributed by atoms with E-state index in [1.807, 2.05) is 20.8 Å². The van der Waals surface area contributed by atoms with E-state index in [1.165, 1.54) is 0 Å². The van der Waals surface area contributed by atoms with Crippen LogP contribution < -0.4 is 5.32 Å². The van der Waals surface area contributed by atoms with Gasteiger partial charge in [0.15, 0.2) is 0 Å². The van der Waals surface area contributed by atoms with Gasteiger partial charge >= 0.3 is 6.09 Å². The molecule has 1 atom stereocenters. The number of aliphatic hydroxyl groups excluding tert-OH is 1. The molecule has 1 saturated carbocycles. The predicted molar refractivity (Wildman–Crippen MR) is 75.5 cm³/mol. The van der Waals surface area contributed by atoms with E-state index in [0.717, 1.165) is 38.5 Å². The highest BCUT2D eigenvalue weighted by atomic mass is 16.6. The fourth-order valence-electron chi connectivity index (χ4n) is 3.15. The molecular weight excluding hydrogens is 258 g/mol. The van der Waals surface area contributed by atoms with E-state index in [2.05, 4.69) is 5.32 Å². The first-order chi connectivity index (χ1) is 9.32. The Hall–Kier alpha value is -0.810. The Morgan fingerprint density at radius 3 is 2.40 bits per heavy atom. The number of carbonyl (C=O) groups excluding carboxylic acids is 1.